The number of hydrogen-bond donors (Lipinski definition) is 1. The van der Waals surface area contributed by atoms with E-state index in [4.69, 9.17) is 10.5 Å². The van der Waals surface area contributed by atoms with Crippen LogP contribution in [0.3, 0.4) is 0 Å². The molecule has 80 valence electrons. The van der Waals surface area contributed by atoms with Crippen molar-refractivity contribution in [3.63, 3.8) is 0 Å². The van der Waals surface area contributed by atoms with Crippen LogP contribution in [-0.2, 0) is 4.74 Å². The Morgan fingerprint density at radius 2 is 2.43 bits per heavy atom. The largest absolute Gasteiger partial charge is 0.488 e. The van der Waals surface area contributed by atoms with E-state index >= 15 is 0 Å². The van der Waals surface area contributed by atoms with Gasteiger partial charge < -0.3 is 4.74 Å². The van der Waals surface area contributed by atoms with Gasteiger partial charge in [0.25, 0.3) is 0 Å². The minimum atomic E-state index is -0.398. The second-order valence-corrected chi connectivity index (χ2v) is 4.11. The van der Waals surface area contributed by atoms with Gasteiger partial charge in [0, 0.05) is 18.9 Å². The van der Waals surface area contributed by atoms with Crippen LogP contribution in [-0.4, -0.2) is 36.6 Å². The third-order valence-electron chi connectivity index (χ3n) is 3.29. The fourth-order valence-electron chi connectivity index (χ4n) is 1.83. The topological polar surface area (TPSA) is 55.3 Å². The number of primary amides is 1. The summed E-state index contributed by atoms with van der Waals surface area (Å²) in [5.74, 6) is 0. The van der Waals surface area contributed by atoms with Crippen LogP contribution in [0.1, 0.15) is 26.7 Å². The molecule has 2 unspecified atom stereocenters. The Balaban J connectivity index is 2.84. The van der Waals surface area contributed by atoms with Gasteiger partial charge in [-0.25, -0.2) is 0 Å². The minimum absolute atomic E-state index is 0.0741. The molecule has 1 aliphatic heterocycles. The maximum Gasteiger partial charge on any atom is 0.488 e. The van der Waals surface area contributed by atoms with Gasteiger partial charge in [-0.05, 0) is 6.42 Å². The second kappa shape index (κ2) is 4.09. The number of nitrogens with two attached hydrogens (primary N) is 1. The number of rotatable bonds is 2. The molecule has 1 heterocycles. The Bertz CT molecular complexity index is 263. The molecule has 1 rings (SSSR count). The summed E-state index contributed by atoms with van der Waals surface area (Å²) >= 11 is 0. The van der Waals surface area contributed by atoms with Crippen molar-refractivity contribution in [3.8, 4) is 0 Å². The predicted molar refractivity (Wildman–Crippen MR) is 54.6 cm³/mol. The highest BCUT2D eigenvalue weighted by molar-refractivity contribution is 5.69. The molecule has 2 atom stereocenters. The van der Waals surface area contributed by atoms with Crippen molar-refractivity contribution in [2.75, 3.05) is 13.7 Å². The molecule has 0 fully saturated rings. The maximum atomic E-state index is 11.0. The van der Waals surface area contributed by atoms with Gasteiger partial charge >= 0.3 is 6.03 Å². The van der Waals surface area contributed by atoms with E-state index < -0.39 is 6.03 Å². The number of methoxy groups -OCH3 is 1. The van der Waals surface area contributed by atoms with E-state index in [1.54, 1.807) is 7.11 Å². The number of nitrogens with zero attached hydrogens (tertiary/aromatic N) is 1. The Morgan fingerprint density at radius 3 is 2.86 bits per heavy atom. The van der Waals surface area contributed by atoms with Gasteiger partial charge in [0.05, 0.1) is 6.21 Å². The summed E-state index contributed by atoms with van der Waals surface area (Å²) in [6.45, 7) is 4.88. The number of ether oxygens (including phenoxy) is 1. The first-order chi connectivity index (χ1) is 6.53. The highest BCUT2D eigenvalue weighted by atomic mass is 16.5. The van der Waals surface area contributed by atoms with E-state index in [0.29, 0.717) is 6.54 Å². The first-order valence-electron chi connectivity index (χ1n) is 4.95. The highest BCUT2D eigenvalue weighted by Gasteiger charge is 2.38. The minimum Gasteiger partial charge on any atom is -0.377 e. The summed E-state index contributed by atoms with van der Waals surface area (Å²) in [5, 5.41) is 0. The summed E-state index contributed by atoms with van der Waals surface area (Å²) in [5.41, 5.74) is 5.34. The Hall–Kier alpha value is -0.900. The van der Waals surface area contributed by atoms with Crippen molar-refractivity contribution in [2.45, 2.75) is 32.8 Å². The average Bonchev–Trinajstić information content (AvgIpc) is 2.18. The zero-order valence-corrected chi connectivity index (χ0v) is 9.12. The Labute approximate surface area is 84.7 Å². The van der Waals surface area contributed by atoms with Crippen molar-refractivity contribution >= 4 is 12.2 Å². The van der Waals surface area contributed by atoms with E-state index in [2.05, 4.69) is 13.8 Å². The molecule has 0 aromatic rings. The molecule has 4 heteroatoms. The van der Waals surface area contributed by atoms with Gasteiger partial charge in [0.15, 0.2) is 0 Å². The lowest BCUT2D eigenvalue weighted by molar-refractivity contribution is -0.449. The van der Waals surface area contributed by atoms with Crippen LogP contribution in [0.5, 0.6) is 0 Å². The lowest BCUT2D eigenvalue weighted by Gasteiger charge is -2.36. The van der Waals surface area contributed by atoms with Crippen molar-refractivity contribution in [1.29, 1.82) is 0 Å². The smallest absolute Gasteiger partial charge is 0.377 e. The molecule has 0 saturated carbocycles. The van der Waals surface area contributed by atoms with Gasteiger partial charge in [-0.2, -0.15) is 9.37 Å². The van der Waals surface area contributed by atoms with Crippen LogP contribution in [0.4, 0.5) is 4.79 Å². The molecule has 1 aliphatic rings. The first-order valence-corrected chi connectivity index (χ1v) is 4.95. The monoisotopic (exact) mass is 199 g/mol. The summed E-state index contributed by atoms with van der Waals surface area (Å²) < 4.78 is 6.94. The van der Waals surface area contributed by atoms with Crippen LogP contribution >= 0.6 is 0 Å². The third-order valence-corrected chi connectivity index (χ3v) is 3.29. The van der Waals surface area contributed by atoms with E-state index in [1.807, 2.05) is 6.21 Å². The van der Waals surface area contributed by atoms with Gasteiger partial charge in [0.2, 0.25) is 0 Å². The summed E-state index contributed by atoms with van der Waals surface area (Å²) in [4.78, 5) is 11.0. The molecular weight excluding hydrogens is 180 g/mol. The van der Waals surface area contributed by atoms with E-state index in [0.717, 1.165) is 12.8 Å². The zero-order chi connectivity index (χ0) is 10.8. The fourth-order valence-corrected chi connectivity index (χ4v) is 1.83. The highest BCUT2D eigenvalue weighted by Crippen LogP contribution is 2.33. The molecule has 0 spiro atoms. The van der Waals surface area contributed by atoms with Crippen LogP contribution in [0, 0.1) is 5.41 Å². The van der Waals surface area contributed by atoms with Gasteiger partial charge in [-0.3, -0.25) is 5.73 Å². The average molecular weight is 199 g/mol. The van der Waals surface area contributed by atoms with Crippen molar-refractivity contribution in [2.24, 2.45) is 11.1 Å². The van der Waals surface area contributed by atoms with E-state index in [-0.39, 0.29) is 11.5 Å². The van der Waals surface area contributed by atoms with Crippen LogP contribution in [0.2, 0.25) is 0 Å². The molecule has 4 nitrogen and oxygen atoms in total. The lowest BCUT2D eigenvalue weighted by atomic mass is 9.77. The molecule has 0 bridgehead atoms. The van der Waals surface area contributed by atoms with Gasteiger partial charge in [-0.15, -0.1) is 0 Å². The van der Waals surface area contributed by atoms with Gasteiger partial charge in [-0.1, -0.05) is 13.8 Å². The summed E-state index contributed by atoms with van der Waals surface area (Å²) in [6.07, 6.45) is 3.82. The summed E-state index contributed by atoms with van der Waals surface area (Å²) in [7, 11) is 1.68. The van der Waals surface area contributed by atoms with Crippen LogP contribution in [0.25, 0.3) is 0 Å². The van der Waals surface area contributed by atoms with Crippen LogP contribution < -0.4 is 5.73 Å². The van der Waals surface area contributed by atoms with Crippen molar-refractivity contribution in [1.82, 2.24) is 0 Å². The summed E-state index contributed by atoms with van der Waals surface area (Å²) in [6, 6.07) is -0.398. The first kappa shape index (κ1) is 11.2. The van der Waals surface area contributed by atoms with E-state index in [1.165, 1.54) is 4.58 Å². The predicted octanol–water partition coefficient (Wildman–Crippen LogP) is 0.983. The SMILES string of the molecule is CCC1(C)CC=[N+](C(N)=O)CC1OC. The van der Waals surface area contributed by atoms with Gasteiger partial charge in [0.1, 0.15) is 12.6 Å². The molecule has 14 heavy (non-hydrogen) atoms. The van der Waals surface area contributed by atoms with Crippen LogP contribution in [0.15, 0.2) is 0 Å². The Morgan fingerprint density at radius 1 is 1.79 bits per heavy atom. The normalized spacial score (nSPS) is 32.5. The number of carbonyl (C=O) groups excluding carboxylic acids is 1. The molecule has 0 radical (unpaired) electrons. The maximum absolute atomic E-state index is 11.0. The molecule has 0 aromatic heterocycles. The number of hydrogen-bond acceptors (Lipinski definition) is 2. The molecular formula is C10H19N2O2+. The molecule has 0 aromatic carbocycles. The molecule has 2 amide bonds. The zero-order valence-electron chi connectivity index (χ0n) is 9.12. The third kappa shape index (κ3) is 1.95. The quantitative estimate of drug-likeness (QED) is 0.674. The van der Waals surface area contributed by atoms with Crippen molar-refractivity contribution in [3.05, 3.63) is 0 Å². The van der Waals surface area contributed by atoms with Crippen molar-refractivity contribution < 1.29 is 14.1 Å². The Kier molecular flexibility index (Phi) is 3.26. The molecule has 2 N–H and O–H groups in total. The molecule has 0 saturated heterocycles. The standard InChI is InChI=1S/C10H18N2O2/c1-4-10(2)5-6-12(9(11)13)7-8(10)14-3/h6,8H,4-5,7H2,1-3H3,(H-,11,13)/p+1. The number of carbonyl (C=O) groups is 1. The van der Waals surface area contributed by atoms with E-state index in [9.17, 15) is 4.79 Å². The number of amides is 2. The second-order valence-electron chi connectivity index (χ2n) is 4.11. The molecule has 0 aliphatic carbocycles. The fraction of sp³-hybridized carbons (Fsp3) is 0.800. The number of urea groups is 1. The lowest BCUT2D eigenvalue weighted by Crippen LogP contribution is -2.48.